The van der Waals surface area contributed by atoms with Crippen molar-refractivity contribution in [3.63, 3.8) is 0 Å². The molecule has 3 aliphatic heterocycles. The number of likely N-dealkylation sites (tertiary alicyclic amines) is 1. The number of nitrogens with two attached hydrogens (primary N) is 1. The molecule has 2 fully saturated rings. The molecule has 0 unspecified atom stereocenters. The van der Waals surface area contributed by atoms with Crippen molar-refractivity contribution >= 4 is 29.3 Å². The molecule has 182 valence electrons. The molecule has 0 aliphatic carbocycles. The van der Waals surface area contributed by atoms with Gasteiger partial charge in [-0.15, -0.1) is 0 Å². The summed E-state index contributed by atoms with van der Waals surface area (Å²) in [5.41, 5.74) is 7.83. The zero-order valence-corrected chi connectivity index (χ0v) is 19.9. The molecule has 0 bridgehead atoms. The molecule has 0 aromatic heterocycles. The fourth-order valence-corrected chi connectivity index (χ4v) is 6.02. The number of imide groups is 1. The fourth-order valence-electron chi connectivity index (χ4n) is 6.02. The largest absolute Gasteiger partial charge is 0.496 e. The van der Waals surface area contributed by atoms with Gasteiger partial charge in [0.1, 0.15) is 11.3 Å². The van der Waals surface area contributed by atoms with Gasteiger partial charge in [0.2, 0.25) is 23.6 Å². The van der Waals surface area contributed by atoms with Gasteiger partial charge >= 0.3 is 0 Å². The van der Waals surface area contributed by atoms with Crippen molar-refractivity contribution in [3.8, 4) is 5.75 Å². The molecule has 3 aliphatic rings. The quantitative estimate of drug-likeness (QED) is 0.542. The summed E-state index contributed by atoms with van der Waals surface area (Å²) in [5, 5.41) is 6.29. The molecule has 35 heavy (non-hydrogen) atoms. The molecule has 2 saturated heterocycles. The molecule has 2 aromatic carbocycles. The number of nitrogens with zero attached hydrogens (tertiary/aromatic N) is 1. The Morgan fingerprint density at radius 3 is 2.60 bits per heavy atom. The number of benzene rings is 2. The highest BCUT2D eigenvalue weighted by Crippen LogP contribution is 2.54. The fraction of sp³-hybridized carbons (Fsp3) is 0.385. The normalized spacial score (nSPS) is 26.8. The number of methoxy groups -OCH3 is 1. The lowest BCUT2D eigenvalue weighted by Crippen LogP contribution is -2.53. The highest BCUT2D eigenvalue weighted by molar-refractivity contribution is 6.15. The zero-order valence-electron chi connectivity index (χ0n) is 19.9. The minimum Gasteiger partial charge on any atom is -0.496 e. The maximum Gasteiger partial charge on any atom is 0.250 e. The first kappa shape index (κ1) is 23.0. The zero-order chi connectivity index (χ0) is 25.1. The Kier molecular flexibility index (Phi) is 5.40. The Hall–Kier alpha value is -3.72. The number of nitrogens with one attached hydrogen (secondary N) is 2. The molecule has 4 atom stereocenters. The van der Waals surface area contributed by atoms with E-state index in [1.54, 1.807) is 12.1 Å². The first-order valence-electron chi connectivity index (χ1n) is 11.6. The van der Waals surface area contributed by atoms with Crippen molar-refractivity contribution in [2.75, 3.05) is 12.4 Å². The van der Waals surface area contributed by atoms with Gasteiger partial charge in [0.25, 0.3) is 0 Å². The Bertz CT molecular complexity index is 1270. The van der Waals surface area contributed by atoms with E-state index in [0.29, 0.717) is 22.6 Å². The van der Waals surface area contributed by atoms with Gasteiger partial charge in [-0.1, -0.05) is 35.9 Å². The first-order valence-corrected chi connectivity index (χ1v) is 11.6. The van der Waals surface area contributed by atoms with Crippen LogP contribution in [0.1, 0.15) is 35.1 Å². The molecule has 9 heteroatoms. The van der Waals surface area contributed by atoms with E-state index >= 15 is 0 Å². The van der Waals surface area contributed by atoms with E-state index in [-0.39, 0.29) is 31.2 Å². The van der Waals surface area contributed by atoms with Gasteiger partial charge in [0, 0.05) is 29.3 Å². The molecule has 0 radical (unpaired) electrons. The number of carbonyl (C=O) groups excluding carboxylic acids is 4. The molecular weight excluding hydrogens is 448 g/mol. The van der Waals surface area contributed by atoms with Crippen molar-refractivity contribution in [2.45, 2.75) is 44.8 Å². The van der Waals surface area contributed by atoms with E-state index in [1.807, 2.05) is 38.1 Å². The Balaban J connectivity index is 1.61. The number of amides is 4. The molecule has 9 nitrogen and oxygen atoms in total. The summed E-state index contributed by atoms with van der Waals surface area (Å²) in [5.74, 6) is -2.82. The number of rotatable bonds is 6. The van der Waals surface area contributed by atoms with Crippen molar-refractivity contribution in [1.82, 2.24) is 10.2 Å². The summed E-state index contributed by atoms with van der Waals surface area (Å²) in [7, 11) is 1.53. The number of anilines is 1. The third-order valence-corrected chi connectivity index (χ3v) is 7.48. The maximum absolute atomic E-state index is 13.9. The Labute approximate surface area is 203 Å². The number of para-hydroxylation sites is 1. The lowest BCUT2D eigenvalue weighted by atomic mass is 9.75. The second-order valence-corrected chi connectivity index (χ2v) is 9.60. The lowest BCUT2D eigenvalue weighted by molar-refractivity contribution is -0.143. The highest BCUT2D eigenvalue weighted by atomic mass is 16.5. The van der Waals surface area contributed by atoms with Crippen LogP contribution in [0.5, 0.6) is 5.75 Å². The number of fused-ring (bicyclic) bond motifs is 4. The van der Waals surface area contributed by atoms with Gasteiger partial charge in [-0.25, -0.2) is 0 Å². The van der Waals surface area contributed by atoms with Gasteiger partial charge < -0.3 is 15.8 Å². The lowest BCUT2D eigenvalue weighted by Gasteiger charge is -2.30. The smallest absolute Gasteiger partial charge is 0.250 e. The van der Waals surface area contributed by atoms with Gasteiger partial charge in [0.05, 0.1) is 25.5 Å². The Morgan fingerprint density at radius 1 is 1.14 bits per heavy atom. The second kappa shape index (κ2) is 8.20. The third-order valence-electron chi connectivity index (χ3n) is 7.48. The van der Waals surface area contributed by atoms with Crippen LogP contribution >= 0.6 is 0 Å². The standard InChI is InChI=1S/C26H28N4O5/c1-13-10-14(2)22-16(11-13)26(25(34)28-22)21-20(17(29-26)8-9-19(27)31)23(32)30(24(21)33)12-15-6-4-5-7-18(15)35-3/h4-7,10-11,17,20-21,29H,8-9,12H2,1-3H3,(H2,27,31)(H,28,34)/t17-,20-,21-,26-/m0/s1. The summed E-state index contributed by atoms with van der Waals surface area (Å²) in [6, 6.07) is 10.5. The van der Waals surface area contributed by atoms with Crippen LogP contribution < -0.4 is 21.1 Å². The summed E-state index contributed by atoms with van der Waals surface area (Å²) >= 11 is 0. The van der Waals surface area contributed by atoms with Crippen LogP contribution in [-0.4, -0.2) is 41.7 Å². The van der Waals surface area contributed by atoms with E-state index < -0.39 is 35.2 Å². The molecule has 4 N–H and O–H groups in total. The maximum atomic E-state index is 13.9. The van der Waals surface area contributed by atoms with Gasteiger partial charge in [-0.05, 0) is 31.9 Å². The molecule has 3 heterocycles. The van der Waals surface area contributed by atoms with Crippen molar-refractivity contribution in [3.05, 3.63) is 58.7 Å². The summed E-state index contributed by atoms with van der Waals surface area (Å²) in [4.78, 5) is 54.0. The van der Waals surface area contributed by atoms with Gasteiger partial charge in [-0.3, -0.25) is 29.4 Å². The van der Waals surface area contributed by atoms with Crippen LogP contribution in [0.3, 0.4) is 0 Å². The van der Waals surface area contributed by atoms with Crippen molar-refractivity contribution < 1.29 is 23.9 Å². The minimum atomic E-state index is -1.40. The Morgan fingerprint density at radius 2 is 1.89 bits per heavy atom. The summed E-state index contributed by atoms with van der Waals surface area (Å²) in [6.07, 6.45) is 0.277. The monoisotopic (exact) mass is 476 g/mol. The second-order valence-electron chi connectivity index (χ2n) is 9.60. The number of primary amides is 1. The topological polar surface area (TPSA) is 131 Å². The molecule has 1 spiro atoms. The number of hydrogen-bond donors (Lipinski definition) is 3. The van der Waals surface area contributed by atoms with E-state index in [1.165, 1.54) is 12.0 Å². The van der Waals surface area contributed by atoms with E-state index in [0.717, 1.165) is 11.1 Å². The van der Waals surface area contributed by atoms with Gasteiger partial charge in [0.15, 0.2) is 0 Å². The highest BCUT2D eigenvalue weighted by Gasteiger charge is 2.70. The molecule has 4 amide bonds. The van der Waals surface area contributed by atoms with Crippen molar-refractivity contribution in [2.24, 2.45) is 17.6 Å². The van der Waals surface area contributed by atoms with Gasteiger partial charge in [-0.2, -0.15) is 0 Å². The number of aryl methyl sites for hydroxylation is 2. The van der Waals surface area contributed by atoms with Crippen LogP contribution in [0.25, 0.3) is 0 Å². The van der Waals surface area contributed by atoms with Crippen molar-refractivity contribution in [1.29, 1.82) is 0 Å². The average molecular weight is 477 g/mol. The van der Waals surface area contributed by atoms with Crippen LogP contribution in [-0.2, 0) is 31.3 Å². The number of hydrogen-bond acceptors (Lipinski definition) is 6. The predicted octanol–water partition coefficient (Wildman–Crippen LogP) is 1.50. The average Bonchev–Trinajstić information content (AvgIpc) is 3.39. The third kappa shape index (κ3) is 3.33. The SMILES string of the molecule is COc1ccccc1CN1C(=O)[C@H]2[C@H](CCC(N)=O)N[C@]3(C(=O)Nc4c(C)cc(C)cc43)[C@@H]2C1=O. The number of carbonyl (C=O) groups is 4. The molecular formula is C26H28N4O5. The van der Waals surface area contributed by atoms with Crippen LogP contribution in [0.2, 0.25) is 0 Å². The minimum absolute atomic E-state index is 0.0340. The van der Waals surface area contributed by atoms with E-state index in [9.17, 15) is 19.2 Å². The number of ether oxygens (including phenoxy) is 1. The summed E-state index contributed by atoms with van der Waals surface area (Å²) < 4.78 is 5.41. The van der Waals surface area contributed by atoms with Crippen LogP contribution in [0, 0.1) is 25.7 Å². The van der Waals surface area contributed by atoms with E-state index in [4.69, 9.17) is 10.5 Å². The van der Waals surface area contributed by atoms with E-state index in [2.05, 4.69) is 10.6 Å². The molecule has 2 aromatic rings. The first-order chi connectivity index (χ1) is 16.7. The molecule has 0 saturated carbocycles. The molecule has 5 rings (SSSR count). The van der Waals surface area contributed by atoms with Crippen LogP contribution in [0.4, 0.5) is 5.69 Å². The predicted molar refractivity (Wildman–Crippen MR) is 127 cm³/mol. The summed E-state index contributed by atoms with van der Waals surface area (Å²) in [6.45, 7) is 3.86. The van der Waals surface area contributed by atoms with Crippen LogP contribution in [0.15, 0.2) is 36.4 Å².